The van der Waals surface area contributed by atoms with Crippen LogP contribution in [0.25, 0.3) is 0 Å². The van der Waals surface area contributed by atoms with E-state index in [9.17, 15) is 22.8 Å². The van der Waals surface area contributed by atoms with Crippen LogP contribution in [0, 0.1) is 5.41 Å². The average molecular weight is 523 g/mol. The van der Waals surface area contributed by atoms with E-state index in [-0.39, 0.29) is 17.4 Å². The number of amides is 3. The highest BCUT2D eigenvalue weighted by Crippen LogP contribution is 2.34. The maximum absolute atomic E-state index is 12.6. The van der Waals surface area contributed by atoms with E-state index in [2.05, 4.69) is 10.2 Å². The van der Waals surface area contributed by atoms with E-state index in [1.165, 1.54) is 0 Å². The molecule has 196 valence electrons. The molecule has 3 rings (SSSR count). The van der Waals surface area contributed by atoms with Gasteiger partial charge in [0, 0.05) is 56.4 Å². The number of carboxylic acids is 1. The predicted octanol–water partition coefficient (Wildman–Crippen LogP) is 3.01. The van der Waals surface area contributed by atoms with E-state index in [1.807, 2.05) is 4.90 Å². The summed E-state index contributed by atoms with van der Waals surface area (Å²) in [6.07, 6.45) is -3.35. The van der Waals surface area contributed by atoms with Gasteiger partial charge in [0.2, 0.25) is 5.91 Å². The third-order valence-electron chi connectivity index (χ3n) is 5.83. The number of likely N-dealkylation sites (tertiary alicyclic amines) is 1. The quantitative estimate of drug-likeness (QED) is 0.633. The number of alkyl halides is 3. The first-order valence-electron chi connectivity index (χ1n) is 10.9. The Hall–Kier alpha value is -2.57. The summed E-state index contributed by atoms with van der Waals surface area (Å²) in [5.41, 5.74) is 0.737. The van der Waals surface area contributed by atoms with Gasteiger partial charge in [-0.25, -0.2) is 9.59 Å². The molecule has 2 fully saturated rings. The molecule has 35 heavy (non-hydrogen) atoms. The van der Waals surface area contributed by atoms with Gasteiger partial charge in [-0.1, -0.05) is 11.6 Å². The fraction of sp³-hybridized carbons (Fsp3) is 0.591. The Bertz CT molecular complexity index is 875. The van der Waals surface area contributed by atoms with E-state index in [1.54, 1.807) is 43.3 Å². The van der Waals surface area contributed by atoms with Gasteiger partial charge in [-0.3, -0.25) is 9.69 Å². The lowest BCUT2D eigenvalue weighted by Crippen LogP contribution is -2.50. The van der Waals surface area contributed by atoms with Crippen LogP contribution in [0.3, 0.4) is 0 Å². The molecule has 3 amide bonds. The normalized spacial score (nSPS) is 18.2. The van der Waals surface area contributed by atoms with Gasteiger partial charge >= 0.3 is 18.2 Å². The molecule has 0 unspecified atom stereocenters. The number of hydrogen-bond acceptors (Lipinski definition) is 5. The molecule has 2 N–H and O–H groups in total. The number of halogens is 4. The summed E-state index contributed by atoms with van der Waals surface area (Å²) in [7, 11) is 3.56. The van der Waals surface area contributed by atoms with Crippen molar-refractivity contribution in [2.45, 2.75) is 19.0 Å². The van der Waals surface area contributed by atoms with Crippen LogP contribution in [0.2, 0.25) is 5.02 Å². The van der Waals surface area contributed by atoms with Crippen molar-refractivity contribution in [1.82, 2.24) is 14.7 Å². The smallest absolute Gasteiger partial charge is 0.475 e. The number of carbonyl (C=O) groups is 3. The number of urea groups is 1. The first-order valence-corrected chi connectivity index (χ1v) is 11.3. The van der Waals surface area contributed by atoms with Crippen LogP contribution in [0.4, 0.5) is 23.7 Å². The van der Waals surface area contributed by atoms with Crippen LogP contribution in [0.5, 0.6) is 0 Å². The monoisotopic (exact) mass is 522 g/mol. The average Bonchev–Trinajstić information content (AvgIpc) is 2.97. The van der Waals surface area contributed by atoms with Gasteiger partial charge in [-0.05, 0) is 37.1 Å². The van der Waals surface area contributed by atoms with E-state index in [0.29, 0.717) is 37.9 Å². The van der Waals surface area contributed by atoms with Gasteiger partial charge in [-0.2, -0.15) is 13.2 Å². The molecule has 1 aromatic carbocycles. The molecule has 0 aromatic heterocycles. The number of hydrogen-bond donors (Lipinski definition) is 2. The fourth-order valence-electron chi connectivity index (χ4n) is 3.77. The molecule has 0 aliphatic carbocycles. The first kappa shape index (κ1) is 28.7. The number of carboxylic acid groups (broad SMARTS) is 1. The van der Waals surface area contributed by atoms with Gasteiger partial charge in [0.05, 0.1) is 19.8 Å². The third kappa shape index (κ3) is 9.19. The van der Waals surface area contributed by atoms with Crippen molar-refractivity contribution in [3.05, 3.63) is 29.3 Å². The van der Waals surface area contributed by atoms with Crippen molar-refractivity contribution in [3.8, 4) is 0 Å². The van der Waals surface area contributed by atoms with E-state index in [0.717, 1.165) is 31.6 Å². The summed E-state index contributed by atoms with van der Waals surface area (Å²) < 4.78 is 37.6. The largest absolute Gasteiger partial charge is 0.490 e. The van der Waals surface area contributed by atoms with Crippen molar-refractivity contribution in [3.63, 3.8) is 0 Å². The van der Waals surface area contributed by atoms with Crippen LogP contribution in [0.1, 0.15) is 12.8 Å². The standard InChI is InChI=1S/C20H29ClN4O3.C2HF3O2/c1-23(2)18(26)13-24-11-12-28-15-20(14-24)7-9-25(10-8-20)19(27)22-17-5-3-16(21)4-6-17;3-2(4,5)1(6)7/h3-6H,7-15H2,1-2H3,(H,22,27);(H,6,7). The minimum absolute atomic E-state index is 0.000144. The number of aliphatic carboxylic acids is 1. The fourth-order valence-corrected chi connectivity index (χ4v) is 3.90. The number of ether oxygens (including phenoxy) is 1. The third-order valence-corrected chi connectivity index (χ3v) is 6.08. The maximum Gasteiger partial charge on any atom is 0.490 e. The lowest BCUT2D eigenvalue weighted by molar-refractivity contribution is -0.192. The van der Waals surface area contributed by atoms with Crippen molar-refractivity contribution >= 4 is 35.2 Å². The molecular formula is C22H30ClF3N4O5. The Morgan fingerprint density at radius 2 is 1.71 bits per heavy atom. The SMILES string of the molecule is CN(C)C(=O)CN1CCOCC2(CCN(C(=O)Nc3ccc(Cl)cc3)CC2)C1.O=C(O)C(F)(F)F. The van der Waals surface area contributed by atoms with E-state index in [4.69, 9.17) is 26.2 Å². The molecule has 0 bridgehead atoms. The minimum Gasteiger partial charge on any atom is -0.475 e. The highest BCUT2D eigenvalue weighted by atomic mass is 35.5. The minimum atomic E-state index is -5.08. The van der Waals surface area contributed by atoms with Crippen molar-refractivity contribution in [2.24, 2.45) is 5.41 Å². The highest BCUT2D eigenvalue weighted by molar-refractivity contribution is 6.30. The number of likely N-dealkylation sites (N-methyl/N-ethyl adjacent to an activating group) is 1. The molecule has 1 aromatic rings. The molecular weight excluding hydrogens is 493 g/mol. The Balaban J connectivity index is 0.000000540. The van der Waals surface area contributed by atoms with E-state index < -0.39 is 12.1 Å². The molecule has 1 spiro atoms. The Labute approximate surface area is 206 Å². The molecule has 0 radical (unpaired) electrons. The zero-order chi connectivity index (χ0) is 26.2. The molecule has 2 heterocycles. The zero-order valence-corrected chi connectivity index (χ0v) is 20.4. The van der Waals surface area contributed by atoms with E-state index >= 15 is 0 Å². The van der Waals surface area contributed by atoms with Gasteiger partial charge in [0.1, 0.15) is 0 Å². The highest BCUT2D eigenvalue weighted by Gasteiger charge is 2.40. The predicted molar refractivity (Wildman–Crippen MR) is 123 cm³/mol. The zero-order valence-electron chi connectivity index (χ0n) is 19.6. The second-order valence-corrected chi connectivity index (χ2v) is 9.21. The number of anilines is 1. The summed E-state index contributed by atoms with van der Waals surface area (Å²) >= 11 is 5.89. The number of piperidine rings is 1. The van der Waals surface area contributed by atoms with Crippen LogP contribution < -0.4 is 5.32 Å². The number of benzene rings is 1. The molecule has 9 nitrogen and oxygen atoms in total. The van der Waals surface area contributed by atoms with Crippen molar-refractivity contribution < 1.29 is 37.4 Å². The summed E-state index contributed by atoms with van der Waals surface area (Å²) in [5, 5.41) is 10.7. The second kappa shape index (κ2) is 12.4. The molecule has 2 aliphatic rings. The molecule has 2 aliphatic heterocycles. The lowest BCUT2D eigenvalue weighted by Gasteiger charge is -2.42. The number of nitrogens with zero attached hydrogens (tertiary/aromatic N) is 3. The molecule has 0 atom stereocenters. The first-order chi connectivity index (χ1) is 16.3. The maximum atomic E-state index is 12.6. The summed E-state index contributed by atoms with van der Waals surface area (Å²) in [6, 6.07) is 7.02. The van der Waals surface area contributed by atoms with Crippen molar-refractivity contribution in [2.75, 3.05) is 65.3 Å². The van der Waals surface area contributed by atoms with Gasteiger partial charge in [-0.15, -0.1) is 0 Å². The molecule has 0 saturated carbocycles. The Morgan fingerprint density at radius 3 is 2.23 bits per heavy atom. The van der Waals surface area contributed by atoms with Gasteiger partial charge in [0.15, 0.2) is 0 Å². The second-order valence-electron chi connectivity index (χ2n) is 8.78. The van der Waals surface area contributed by atoms with Crippen LogP contribution in [0.15, 0.2) is 24.3 Å². The Morgan fingerprint density at radius 1 is 1.14 bits per heavy atom. The number of nitrogens with one attached hydrogen (secondary N) is 1. The molecule has 13 heteroatoms. The van der Waals surface area contributed by atoms with Crippen LogP contribution >= 0.6 is 11.6 Å². The molecule has 2 saturated heterocycles. The summed E-state index contributed by atoms with van der Waals surface area (Å²) in [6.45, 7) is 4.70. The van der Waals surface area contributed by atoms with Crippen LogP contribution in [-0.4, -0.2) is 104 Å². The number of rotatable bonds is 3. The summed E-state index contributed by atoms with van der Waals surface area (Å²) in [4.78, 5) is 39.2. The Kier molecular flexibility index (Phi) is 10.2. The van der Waals surface area contributed by atoms with Crippen molar-refractivity contribution in [1.29, 1.82) is 0 Å². The van der Waals surface area contributed by atoms with Gasteiger partial charge < -0.3 is 25.0 Å². The van der Waals surface area contributed by atoms with Gasteiger partial charge in [0.25, 0.3) is 0 Å². The van der Waals surface area contributed by atoms with Crippen LogP contribution in [-0.2, 0) is 14.3 Å². The lowest BCUT2D eigenvalue weighted by atomic mass is 9.78. The summed E-state index contributed by atoms with van der Waals surface area (Å²) in [5.74, 6) is -2.65. The topological polar surface area (TPSA) is 102 Å². The number of carbonyl (C=O) groups excluding carboxylic acids is 2.